The maximum atomic E-state index is 12.5. The maximum Gasteiger partial charge on any atom is 0.339 e. The Hall–Kier alpha value is -3.68. The second-order valence-electron chi connectivity index (χ2n) is 12.7. The van der Waals surface area contributed by atoms with E-state index in [2.05, 4.69) is 27.7 Å². The number of unbranched alkanes of at least 4 members (excludes halogenated alkanes) is 8. The lowest BCUT2D eigenvalue weighted by molar-refractivity contribution is 0.0450. The van der Waals surface area contributed by atoms with Gasteiger partial charge in [-0.05, 0) is 62.8 Å². The summed E-state index contributed by atoms with van der Waals surface area (Å²) in [7, 11) is 0. The summed E-state index contributed by atoms with van der Waals surface area (Å²) in [5.41, 5.74) is 1.07. The Morgan fingerprint density at radius 1 is 0.438 bits per heavy atom. The predicted octanol–water partition coefficient (Wildman–Crippen LogP) is 10.0. The summed E-state index contributed by atoms with van der Waals surface area (Å²) < 4.78 is 20.5. The van der Waals surface area contributed by atoms with E-state index in [-0.39, 0.29) is 24.3 Å². The van der Waals surface area contributed by atoms with Gasteiger partial charge in [0.05, 0.1) is 48.7 Å². The minimum absolute atomic E-state index is 0.239. The normalized spacial score (nSPS) is 10.7. The molecular weight excluding hydrogens is 608 g/mol. The third kappa shape index (κ3) is 18.6. The van der Waals surface area contributed by atoms with Gasteiger partial charge in [-0.1, -0.05) is 116 Å². The summed E-state index contributed by atoms with van der Waals surface area (Å²) in [6.07, 6.45) is 13.7. The van der Waals surface area contributed by atoms with Crippen LogP contribution < -0.4 is 0 Å². The summed E-state index contributed by atoms with van der Waals surface area (Å²) in [5.74, 6) is -0.369. The summed E-state index contributed by atoms with van der Waals surface area (Å²) in [5, 5.41) is 0. The van der Waals surface area contributed by atoms with Gasteiger partial charge in [0.25, 0.3) is 0 Å². The Balaban J connectivity index is 0.000000600. The standard InChI is InChI=1S/C28H46O4.C12H14O4/c1-23(2)17-11-7-5-9-15-21-31-27(29)25-19-13-14-20-26(25)28(30)32-22-16-10-6-8-12-18-24(3)4;1-3-15-11(13)9-7-5-6-8-10(9)12(14)16-4-2/h13-14,19-20,23-24H,5-12,15-18,21-22H2,1-4H3;5-8H,3-4H2,1-2H3. The maximum absolute atomic E-state index is 12.5. The lowest BCUT2D eigenvalue weighted by Crippen LogP contribution is -2.15. The van der Waals surface area contributed by atoms with Crippen molar-refractivity contribution in [2.75, 3.05) is 26.4 Å². The van der Waals surface area contributed by atoms with E-state index >= 15 is 0 Å². The van der Waals surface area contributed by atoms with Crippen molar-refractivity contribution in [3.8, 4) is 0 Å². The van der Waals surface area contributed by atoms with Gasteiger partial charge < -0.3 is 18.9 Å². The molecule has 0 fully saturated rings. The lowest BCUT2D eigenvalue weighted by atomic mass is 10.0. The molecule has 0 atom stereocenters. The monoisotopic (exact) mass is 668 g/mol. The number of hydrogen-bond donors (Lipinski definition) is 0. The molecule has 8 nitrogen and oxygen atoms in total. The molecule has 0 aliphatic rings. The average molecular weight is 669 g/mol. The first kappa shape index (κ1) is 42.3. The van der Waals surface area contributed by atoms with Crippen molar-refractivity contribution >= 4 is 23.9 Å². The second kappa shape index (κ2) is 26.3. The number of benzene rings is 2. The quantitative estimate of drug-likeness (QED) is 0.0693. The van der Waals surface area contributed by atoms with Gasteiger partial charge in [-0.15, -0.1) is 0 Å². The minimum atomic E-state index is -0.508. The molecule has 0 spiro atoms. The largest absolute Gasteiger partial charge is 0.462 e. The molecule has 268 valence electrons. The van der Waals surface area contributed by atoms with Crippen molar-refractivity contribution < 1.29 is 38.1 Å². The van der Waals surface area contributed by atoms with Crippen LogP contribution in [0.3, 0.4) is 0 Å². The highest BCUT2D eigenvalue weighted by Crippen LogP contribution is 2.16. The van der Waals surface area contributed by atoms with Crippen LogP contribution in [0.25, 0.3) is 0 Å². The van der Waals surface area contributed by atoms with E-state index in [0.29, 0.717) is 24.3 Å². The van der Waals surface area contributed by atoms with E-state index < -0.39 is 23.9 Å². The average Bonchev–Trinajstić information content (AvgIpc) is 3.07. The van der Waals surface area contributed by atoms with Crippen LogP contribution in [0.1, 0.15) is 160 Å². The number of carbonyl (C=O) groups is 4. The summed E-state index contributed by atoms with van der Waals surface area (Å²) >= 11 is 0. The zero-order chi connectivity index (χ0) is 35.6. The third-order valence-electron chi connectivity index (χ3n) is 7.60. The van der Waals surface area contributed by atoms with Crippen molar-refractivity contribution in [3.63, 3.8) is 0 Å². The van der Waals surface area contributed by atoms with Crippen LogP contribution in [-0.2, 0) is 18.9 Å². The molecular formula is C40H60O8. The number of hydrogen-bond acceptors (Lipinski definition) is 8. The fourth-order valence-electron chi connectivity index (χ4n) is 4.95. The predicted molar refractivity (Wildman–Crippen MR) is 190 cm³/mol. The lowest BCUT2D eigenvalue weighted by Gasteiger charge is -2.10. The zero-order valence-electron chi connectivity index (χ0n) is 30.4. The molecule has 0 aromatic heterocycles. The highest BCUT2D eigenvalue weighted by atomic mass is 16.5. The first-order valence-corrected chi connectivity index (χ1v) is 18.0. The minimum Gasteiger partial charge on any atom is -0.462 e. The summed E-state index contributed by atoms with van der Waals surface area (Å²) in [6, 6.07) is 13.2. The molecule has 0 radical (unpaired) electrons. The fourth-order valence-corrected chi connectivity index (χ4v) is 4.95. The Kier molecular flexibility index (Phi) is 23.2. The summed E-state index contributed by atoms with van der Waals surface area (Å²) in [4.78, 5) is 48.0. The molecule has 0 bridgehead atoms. The van der Waals surface area contributed by atoms with Gasteiger partial charge in [-0.25, -0.2) is 19.2 Å². The summed E-state index contributed by atoms with van der Waals surface area (Å²) in [6.45, 7) is 13.8. The molecule has 0 N–H and O–H groups in total. The first-order valence-electron chi connectivity index (χ1n) is 18.0. The van der Waals surface area contributed by atoms with E-state index in [1.165, 1.54) is 51.4 Å². The molecule has 0 saturated carbocycles. The van der Waals surface area contributed by atoms with E-state index in [4.69, 9.17) is 18.9 Å². The topological polar surface area (TPSA) is 105 Å². The van der Waals surface area contributed by atoms with E-state index in [9.17, 15) is 19.2 Å². The molecule has 48 heavy (non-hydrogen) atoms. The van der Waals surface area contributed by atoms with Crippen molar-refractivity contribution in [1.82, 2.24) is 0 Å². The van der Waals surface area contributed by atoms with Gasteiger partial charge in [0.1, 0.15) is 0 Å². The van der Waals surface area contributed by atoms with Gasteiger partial charge in [-0.3, -0.25) is 0 Å². The van der Waals surface area contributed by atoms with E-state index in [1.54, 1.807) is 62.4 Å². The Labute approximate surface area is 289 Å². The van der Waals surface area contributed by atoms with Crippen LogP contribution in [0.2, 0.25) is 0 Å². The number of rotatable bonds is 22. The van der Waals surface area contributed by atoms with Crippen LogP contribution in [-0.4, -0.2) is 50.3 Å². The van der Waals surface area contributed by atoms with Crippen LogP contribution in [0.5, 0.6) is 0 Å². The molecule has 0 aliphatic heterocycles. The molecule has 0 saturated heterocycles. The highest BCUT2D eigenvalue weighted by molar-refractivity contribution is 6.03. The smallest absolute Gasteiger partial charge is 0.339 e. The van der Waals surface area contributed by atoms with E-state index in [1.807, 2.05) is 0 Å². The van der Waals surface area contributed by atoms with E-state index in [0.717, 1.165) is 37.5 Å². The van der Waals surface area contributed by atoms with Crippen LogP contribution in [0, 0.1) is 11.8 Å². The van der Waals surface area contributed by atoms with Crippen LogP contribution >= 0.6 is 0 Å². The molecule has 2 aromatic rings. The van der Waals surface area contributed by atoms with Crippen molar-refractivity contribution in [1.29, 1.82) is 0 Å². The molecule has 2 rings (SSSR count). The van der Waals surface area contributed by atoms with Gasteiger partial charge in [-0.2, -0.15) is 0 Å². The highest BCUT2D eigenvalue weighted by Gasteiger charge is 2.19. The zero-order valence-corrected chi connectivity index (χ0v) is 30.4. The molecule has 0 heterocycles. The molecule has 8 heteroatoms. The Bertz CT molecular complexity index is 1110. The number of carbonyl (C=O) groups excluding carboxylic acids is 4. The fraction of sp³-hybridized carbons (Fsp3) is 0.600. The number of ether oxygens (including phenoxy) is 4. The van der Waals surface area contributed by atoms with Crippen molar-refractivity contribution in [2.45, 2.75) is 119 Å². The van der Waals surface area contributed by atoms with Crippen LogP contribution in [0.4, 0.5) is 0 Å². The van der Waals surface area contributed by atoms with Gasteiger partial charge >= 0.3 is 23.9 Å². The van der Waals surface area contributed by atoms with Crippen LogP contribution in [0.15, 0.2) is 48.5 Å². The van der Waals surface area contributed by atoms with Gasteiger partial charge in [0.2, 0.25) is 0 Å². The van der Waals surface area contributed by atoms with Crippen molar-refractivity contribution in [3.05, 3.63) is 70.8 Å². The molecule has 0 unspecified atom stereocenters. The van der Waals surface area contributed by atoms with Gasteiger partial charge in [0, 0.05) is 0 Å². The number of esters is 4. The third-order valence-corrected chi connectivity index (χ3v) is 7.60. The first-order chi connectivity index (χ1) is 23.1. The molecule has 0 aliphatic carbocycles. The Morgan fingerprint density at radius 2 is 0.708 bits per heavy atom. The Morgan fingerprint density at radius 3 is 1.00 bits per heavy atom. The van der Waals surface area contributed by atoms with Crippen molar-refractivity contribution in [2.24, 2.45) is 11.8 Å². The van der Waals surface area contributed by atoms with Gasteiger partial charge in [0.15, 0.2) is 0 Å². The second-order valence-corrected chi connectivity index (χ2v) is 12.7. The SMILES string of the molecule is CC(C)CCCCCCCOC(=O)c1ccccc1C(=O)OCCCCCCCC(C)C.CCOC(=O)c1ccccc1C(=O)OCC. The molecule has 2 aromatic carbocycles. The molecule has 0 amide bonds.